The highest BCUT2D eigenvalue weighted by molar-refractivity contribution is 5.85. The Bertz CT molecular complexity index is 364. The Morgan fingerprint density at radius 1 is 1.38 bits per heavy atom. The van der Waals surface area contributed by atoms with Gasteiger partial charge < -0.3 is 15.2 Å². The molecule has 5 nitrogen and oxygen atoms in total. The van der Waals surface area contributed by atoms with Crippen LogP contribution in [0.4, 0.5) is 0 Å². The number of rotatable bonds is 5. The average Bonchev–Trinajstić information content (AvgIpc) is 2.29. The van der Waals surface area contributed by atoms with Gasteiger partial charge in [-0.2, -0.15) is 0 Å². The molecule has 2 N–H and O–H groups in total. The fourth-order valence-corrected chi connectivity index (χ4v) is 1.28. The highest BCUT2D eigenvalue weighted by atomic mass is 16.5. The Morgan fingerprint density at radius 3 is 2.50 bits per heavy atom. The lowest BCUT2D eigenvalue weighted by Gasteiger charge is -2.14. The van der Waals surface area contributed by atoms with Crippen molar-refractivity contribution >= 4 is 11.9 Å². The number of amides is 1. The lowest BCUT2D eigenvalue weighted by atomic mass is 10.1. The number of methoxy groups -OCH3 is 1. The van der Waals surface area contributed by atoms with E-state index in [1.165, 1.54) is 7.11 Å². The first kappa shape index (κ1) is 12.2. The van der Waals surface area contributed by atoms with E-state index in [-0.39, 0.29) is 0 Å². The first-order valence-corrected chi connectivity index (χ1v) is 4.72. The fraction of sp³-hybridized carbons (Fsp3) is 0.273. The molecule has 0 saturated carbocycles. The van der Waals surface area contributed by atoms with Crippen LogP contribution in [0.25, 0.3) is 0 Å². The van der Waals surface area contributed by atoms with Gasteiger partial charge in [0.05, 0.1) is 0 Å². The van der Waals surface area contributed by atoms with Crippen LogP contribution in [-0.2, 0) is 14.3 Å². The Labute approximate surface area is 93.0 Å². The van der Waals surface area contributed by atoms with Crippen molar-refractivity contribution in [3.05, 3.63) is 35.9 Å². The third kappa shape index (κ3) is 3.36. The van der Waals surface area contributed by atoms with Crippen molar-refractivity contribution in [3.8, 4) is 0 Å². The minimum atomic E-state index is -1.09. The van der Waals surface area contributed by atoms with E-state index in [0.29, 0.717) is 5.56 Å². The number of hydrogen-bond donors (Lipinski definition) is 2. The van der Waals surface area contributed by atoms with E-state index < -0.39 is 24.5 Å². The SMILES string of the molecule is CO[C@@H](C(=O)NCC(=O)O)c1ccccc1. The second kappa shape index (κ2) is 5.87. The molecule has 0 radical (unpaired) electrons. The summed E-state index contributed by atoms with van der Waals surface area (Å²) in [6.07, 6.45) is -0.777. The molecule has 0 heterocycles. The van der Waals surface area contributed by atoms with E-state index in [2.05, 4.69) is 5.32 Å². The molecular weight excluding hydrogens is 210 g/mol. The number of ether oxygens (including phenoxy) is 1. The van der Waals surface area contributed by atoms with Gasteiger partial charge in [0.15, 0.2) is 6.10 Å². The molecule has 0 bridgehead atoms. The summed E-state index contributed by atoms with van der Waals surface area (Å²) in [6.45, 7) is -0.411. The zero-order valence-electron chi connectivity index (χ0n) is 8.84. The second-order valence-corrected chi connectivity index (χ2v) is 3.14. The number of carbonyl (C=O) groups is 2. The van der Waals surface area contributed by atoms with Crippen LogP contribution in [0.3, 0.4) is 0 Å². The van der Waals surface area contributed by atoms with Crippen LogP contribution >= 0.6 is 0 Å². The van der Waals surface area contributed by atoms with Crippen molar-refractivity contribution < 1.29 is 19.4 Å². The Morgan fingerprint density at radius 2 is 2.00 bits per heavy atom. The van der Waals surface area contributed by atoms with Crippen LogP contribution in [0, 0.1) is 0 Å². The summed E-state index contributed by atoms with van der Waals surface area (Å²) in [5.74, 6) is -1.55. The van der Waals surface area contributed by atoms with Crippen molar-refractivity contribution in [1.82, 2.24) is 5.32 Å². The van der Waals surface area contributed by atoms with Gasteiger partial charge in [0.1, 0.15) is 6.54 Å². The van der Waals surface area contributed by atoms with E-state index in [4.69, 9.17) is 9.84 Å². The van der Waals surface area contributed by atoms with Crippen LogP contribution in [-0.4, -0.2) is 30.6 Å². The third-order valence-electron chi connectivity index (χ3n) is 1.99. The summed E-state index contributed by atoms with van der Waals surface area (Å²) >= 11 is 0. The highest BCUT2D eigenvalue weighted by Crippen LogP contribution is 2.15. The van der Waals surface area contributed by atoms with Crippen molar-refractivity contribution in [2.24, 2.45) is 0 Å². The molecule has 0 unspecified atom stereocenters. The third-order valence-corrected chi connectivity index (χ3v) is 1.99. The van der Waals surface area contributed by atoms with Gasteiger partial charge in [0.2, 0.25) is 0 Å². The molecule has 0 aliphatic heterocycles. The molecule has 0 aromatic heterocycles. The van der Waals surface area contributed by atoms with Gasteiger partial charge in [-0.3, -0.25) is 9.59 Å². The number of carboxylic acids is 1. The van der Waals surface area contributed by atoms with Gasteiger partial charge in [0, 0.05) is 7.11 Å². The summed E-state index contributed by atoms with van der Waals surface area (Å²) in [5, 5.41) is 10.7. The lowest BCUT2D eigenvalue weighted by molar-refractivity contribution is -0.140. The lowest BCUT2D eigenvalue weighted by Crippen LogP contribution is -2.34. The number of nitrogens with one attached hydrogen (secondary N) is 1. The molecule has 1 amide bonds. The van der Waals surface area contributed by atoms with Gasteiger partial charge in [-0.15, -0.1) is 0 Å². The molecule has 1 atom stereocenters. The molecule has 0 aliphatic carbocycles. The van der Waals surface area contributed by atoms with Crippen LogP contribution in [0.2, 0.25) is 0 Å². The fourth-order valence-electron chi connectivity index (χ4n) is 1.28. The minimum Gasteiger partial charge on any atom is -0.480 e. The first-order valence-electron chi connectivity index (χ1n) is 4.72. The van der Waals surface area contributed by atoms with Crippen LogP contribution in [0.15, 0.2) is 30.3 Å². The van der Waals surface area contributed by atoms with Crippen LogP contribution in [0.1, 0.15) is 11.7 Å². The number of benzene rings is 1. The molecule has 1 aromatic carbocycles. The van der Waals surface area contributed by atoms with E-state index in [9.17, 15) is 9.59 Å². The Balaban J connectivity index is 2.68. The van der Waals surface area contributed by atoms with Crippen molar-refractivity contribution in [1.29, 1.82) is 0 Å². The summed E-state index contributed by atoms with van der Waals surface area (Å²) in [5.41, 5.74) is 0.688. The number of aliphatic carboxylic acids is 1. The molecule has 86 valence electrons. The average molecular weight is 223 g/mol. The molecule has 1 rings (SSSR count). The molecule has 0 fully saturated rings. The van der Waals surface area contributed by atoms with E-state index in [0.717, 1.165) is 0 Å². The highest BCUT2D eigenvalue weighted by Gasteiger charge is 2.19. The number of carboxylic acid groups (broad SMARTS) is 1. The number of carbonyl (C=O) groups excluding carboxylic acids is 1. The van der Waals surface area contributed by atoms with Gasteiger partial charge in [-0.25, -0.2) is 0 Å². The van der Waals surface area contributed by atoms with Crippen molar-refractivity contribution in [2.45, 2.75) is 6.10 Å². The predicted octanol–water partition coefficient (Wildman–Crippen LogP) is 0.575. The first-order chi connectivity index (χ1) is 7.65. The van der Waals surface area contributed by atoms with Gasteiger partial charge >= 0.3 is 5.97 Å². The van der Waals surface area contributed by atoms with Gasteiger partial charge in [-0.1, -0.05) is 30.3 Å². The smallest absolute Gasteiger partial charge is 0.322 e. The van der Waals surface area contributed by atoms with Gasteiger partial charge in [0.25, 0.3) is 5.91 Å². The van der Waals surface area contributed by atoms with E-state index in [1.54, 1.807) is 24.3 Å². The van der Waals surface area contributed by atoms with E-state index in [1.807, 2.05) is 6.07 Å². The summed E-state index contributed by atoms with van der Waals surface area (Å²) < 4.78 is 5.03. The normalized spacial score (nSPS) is 11.8. The Hall–Kier alpha value is -1.88. The largest absolute Gasteiger partial charge is 0.480 e. The quantitative estimate of drug-likeness (QED) is 0.765. The summed E-state index contributed by atoms with van der Waals surface area (Å²) in [6, 6.07) is 8.88. The topological polar surface area (TPSA) is 75.6 Å². The zero-order chi connectivity index (χ0) is 12.0. The maximum Gasteiger partial charge on any atom is 0.322 e. The zero-order valence-corrected chi connectivity index (χ0v) is 8.84. The van der Waals surface area contributed by atoms with Crippen molar-refractivity contribution in [2.75, 3.05) is 13.7 Å². The van der Waals surface area contributed by atoms with E-state index >= 15 is 0 Å². The molecule has 0 aliphatic rings. The molecule has 1 aromatic rings. The van der Waals surface area contributed by atoms with Crippen LogP contribution in [0.5, 0.6) is 0 Å². The second-order valence-electron chi connectivity index (χ2n) is 3.14. The standard InChI is InChI=1S/C11H13NO4/c1-16-10(8-5-3-2-4-6-8)11(15)12-7-9(13)14/h2-6,10H,7H2,1H3,(H,12,15)(H,13,14)/t10-/m1/s1. The maximum absolute atomic E-state index is 11.6. The van der Waals surface area contributed by atoms with Crippen LogP contribution < -0.4 is 5.32 Å². The minimum absolute atomic E-state index is 0.411. The summed E-state index contributed by atoms with van der Waals surface area (Å²) in [7, 11) is 1.40. The summed E-state index contributed by atoms with van der Waals surface area (Å²) in [4.78, 5) is 21.9. The molecule has 5 heteroatoms. The predicted molar refractivity (Wildman–Crippen MR) is 56.8 cm³/mol. The Kier molecular flexibility index (Phi) is 4.47. The van der Waals surface area contributed by atoms with Gasteiger partial charge in [-0.05, 0) is 5.56 Å². The maximum atomic E-state index is 11.6. The molecule has 0 saturated heterocycles. The number of hydrogen-bond acceptors (Lipinski definition) is 3. The van der Waals surface area contributed by atoms with Crippen molar-refractivity contribution in [3.63, 3.8) is 0 Å². The monoisotopic (exact) mass is 223 g/mol. The molecule has 0 spiro atoms. The molecular formula is C11H13NO4. The molecule has 16 heavy (non-hydrogen) atoms.